The highest BCUT2D eigenvalue weighted by molar-refractivity contribution is 5.91. The molecule has 22 heavy (non-hydrogen) atoms. The van der Waals surface area contributed by atoms with Gasteiger partial charge in [0.15, 0.2) is 0 Å². The molecule has 6 nitrogen and oxygen atoms in total. The van der Waals surface area contributed by atoms with Crippen LogP contribution in [0.1, 0.15) is 37.2 Å². The zero-order valence-electron chi connectivity index (χ0n) is 13.1. The minimum atomic E-state index is -0.388. The molecule has 2 heterocycles. The number of carbonyl (C=O) groups is 1. The van der Waals surface area contributed by atoms with Crippen molar-refractivity contribution in [1.82, 2.24) is 15.4 Å². The summed E-state index contributed by atoms with van der Waals surface area (Å²) >= 11 is 0. The third-order valence-corrected chi connectivity index (χ3v) is 4.70. The van der Waals surface area contributed by atoms with Gasteiger partial charge in [0.1, 0.15) is 0 Å². The van der Waals surface area contributed by atoms with Gasteiger partial charge in [0, 0.05) is 25.7 Å². The Kier molecular flexibility index (Phi) is 4.20. The number of hydrogen-bond acceptors (Lipinski definition) is 4. The first-order valence-corrected chi connectivity index (χ1v) is 7.90. The topological polar surface area (TPSA) is 78.3 Å². The quantitative estimate of drug-likeness (QED) is 0.806. The standard InChI is InChI=1S/C16H23N3O3/c1-3-10(2)7-19-8-12(11-4-5-11)13(9-19)17-16(21)14-6-15(20)18-22-14/h3,6,11-13H,4-5,7-9H2,1-2H3,(H,17,21)(H,18,20)/t12-,13+/m1/s1. The molecule has 0 bridgehead atoms. The van der Waals surface area contributed by atoms with E-state index in [4.69, 9.17) is 4.52 Å². The van der Waals surface area contributed by atoms with Crippen molar-refractivity contribution < 1.29 is 9.32 Å². The summed E-state index contributed by atoms with van der Waals surface area (Å²) in [6.07, 6.45) is 4.64. The number of aromatic amines is 1. The Morgan fingerprint density at radius 3 is 2.86 bits per heavy atom. The van der Waals surface area contributed by atoms with Crippen molar-refractivity contribution in [3.8, 4) is 0 Å². The summed E-state index contributed by atoms with van der Waals surface area (Å²) in [5.41, 5.74) is 0.957. The first-order valence-electron chi connectivity index (χ1n) is 7.90. The van der Waals surface area contributed by atoms with Crippen molar-refractivity contribution in [2.24, 2.45) is 11.8 Å². The van der Waals surface area contributed by atoms with Crippen molar-refractivity contribution in [1.29, 1.82) is 0 Å². The van der Waals surface area contributed by atoms with Gasteiger partial charge in [0.05, 0.1) is 6.07 Å². The lowest BCUT2D eigenvalue weighted by atomic mass is 9.98. The van der Waals surface area contributed by atoms with Gasteiger partial charge >= 0.3 is 0 Å². The highest BCUT2D eigenvalue weighted by Gasteiger charge is 2.43. The van der Waals surface area contributed by atoms with Crippen molar-refractivity contribution in [3.05, 3.63) is 33.8 Å². The Balaban J connectivity index is 1.65. The Hall–Kier alpha value is -1.82. The molecule has 1 aromatic rings. The second-order valence-electron chi connectivity index (χ2n) is 6.49. The predicted molar refractivity (Wildman–Crippen MR) is 82.7 cm³/mol. The molecule has 1 aliphatic heterocycles. The van der Waals surface area contributed by atoms with Gasteiger partial charge in [-0.2, -0.15) is 5.16 Å². The molecule has 1 amide bonds. The minimum absolute atomic E-state index is 0.0580. The van der Waals surface area contributed by atoms with Crippen molar-refractivity contribution in [3.63, 3.8) is 0 Å². The predicted octanol–water partition coefficient (Wildman–Crippen LogP) is 1.37. The molecular weight excluding hydrogens is 282 g/mol. The molecule has 1 saturated heterocycles. The zero-order valence-corrected chi connectivity index (χ0v) is 13.1. The minimum Gasteiger partial charge on any atom is -0.373 e. The number of allylic oxidation sites excluding steroid dienone is 1. The molecule has 2 atom stereocenters. The Morgan fingerprint density at radius 2 is 2.27 bits per heavy atom. The number of aromatic nitrogens is 1. The first-order chi connectivity index (χ1) is 10.6. The first kappa shape index (κ1) is 15.1. The van der Waals surface area contributed by atoms with Crippen LogP contribution in [-0.4, -0.2) is 41.6 Å². The summed E-state index contributed by atoms with van der Waals surface area (Å²) in [4.78, 5) is 25.7. The van der Waals surface area contributed by atoms with Crippen LogP contribution in [0.4, 0.5) is 0 Å². The van der Waals surface area contributed by atoms with Gasteiger partial charge in [-0.05, 0) is 38.5 Å². The molecule has 0 radical (unpaired) electrons. The maximum atomic E-state index is 12.2. The summed E-state index contributed by atoms with van der Waals surface area (Å²) in [5.74, 6) is 0.972. The fraction of sp³-hybridized carbons (Fsp3) is 0.625. The third-order valence-electron chi connectivity index (χ3n) is 4.70. The molecule has 0 spiro atoms. The zero-order chi connectivity index (χ0) is 15.7. The van der Waals surface area contributed by atoms with Crippen LogP contribution in [0.3, 0.4) is 0 Å². The number of nitrogens with one attached hydrogen (secondary N) is 2. The van der Waals surface area contributed by atoms with Crippen LogP contribution in [0.2, 0.25) is 0 Å². The smallest absolute Gasteiger partial charge is 0.290 e. The fourth-order valence-corrected chi connectivity index (χ4v) is 3.28. The normalized spacial score (nSPS) is 26.4. The van der Waals surface area contributed by atoms with E-state index in [1.165, 1.54) is 24.5 Å². The molecule has 1 aromatic heterocycles. The van der Waals surface area contributed by atoms with Crippen LogP contribution in [0, 0.1) is 11.8 Å². The fourth-order valence-electron chi connectivity index (χ4n) is 3.28. The third kappa shape index (κ3) is 3.32. The van der Waals surface area contributed by atoms with Crippen LogP contribution < -0.4 is 10.9 Å². The van der Waals surface area contributed by atoms with Gasteiger partial charge < -0.3 is 9.84 Å². The average Bonchev–Trinajstić information content (AvgIpc) is 3.13. The van der Waals surface area contributed by atoms with E-state index in [2.05, 4.69) is 35.3 Å². The maximum absolute atomic E-state index is 12.2. The Bertz CT molecular complexity index is 627. The summed E-state index contributed by atoms with van der Waals surface area (Å²) < 4.78 is 4.88. The molecule has 1 saturated carbocycles. The van der Waals surface area contributed by atoms with Crippen LogP contribution in [0.15, 0.2) is 27.0 Å². The van der Waals surface area contributed by atoms with Crippen LogP contribution in [0.5, 0.6) is 0 Å². The lowest BCUT2D eigenvalue weighted by molar-refractivity contribution is 0.0890. The second-order valence-corrected chi connectivity index (χ2v) is 6.49. The molecule has 0 unspecified atom stereocenters. The van der Waals surface area contributed by atoms with E-state index in [0.717, 1.165) is 25.6 Å². The van der Waals surface area contributed by atoms with E-state index in [9.17, 15) is 9.59 Å². The van der Waals surface area contributed by atoms with E-state index in [1.54, 1.807) is 0 Å². The van der Waals surface area contributed by atoms with Gasteiger partial charge in [-0.15, -0.1) is 0 Å². The summed E-state index contributed by atoms with van der Waals surface area (Å²) in [7, 11) is 0. The van der Waals surface area contributed by atoms with Crippen molar-refractivity contribution in [2.45, 2.75) is 32.7 Å². The molecule has 120 valence electrons. The van der Waals surface area contributed by atoms with Gasteiger partial charge in [0.2, 0.25) is 5.76 Å². The average molecular weight is 305 g/mol. The number of rotatable bonds is 5. The number of nitrogens with zero attached hydrogens (tertiary/aromatic N) is 1. The second kappa shape index (κ2) is 6.12. The molecule has 1 aliphatic carbocycles. The van der Waals surface area contributed by atoms with Gasteiger partial charge in [-0.3, -0.25) is 14.5 Å². The van der Waals surface area contributed by atoms with E-state index in [0.29, 0.717) is 5.92 Å². The van der Waals surface area contributed by atoms with Gasteiger partial charge in [-0.25, -0.2) is 0 Å². The lowest BCUT2D eigenvalue weighted by Gasteiger charge is -2.18. The van der Waals surface area contributed by atoms with E-state index in [1.807, 2.05) is 0 Å². The molecule has 2 aliphatic rings. The highest BCUT2D eigenvalue weighted by atomic mass is 16.5. The number of H-pyrrole nitrogens is 1. The molecule has 0 aromatic carbocycles. The van der Waals surface area contributed by atoms with Crippen LogP contribution in [0.25, 0.3) is 0 Å². The van der Waals surface area contributed by atoms with E-state index in [-0.39, 0.29) is 23.3 Å². The molecule has 3 rings (SSSR count). The van der Waals surface area contributed by atoms with Crippen molar-refractivity contribution >= 4 is 5.91 Å². The lowest BCUT2D eigenvalue weighted by Crippen LogP contribution is -2.41. The summed E-state index contributed by atoms with van der Waals surface area (Å²) in [6.45, 7) is 7.01. The number of hydrogen-bond donors (Lipinski definition) is 2. The molecule has 2 N–H and O–H groups in total. The molecule has 2 fully saturated rings. The van der Waals surface area contributed by atoms with E-state index >= 15 is 0 Å². The summed E-state index contributed by atoms with van der Waals surface area (Å²) in [5, 5.41) is 5.20. The SMILES string of the molecule is CC=C(C)CN1C[C@H](NC(=O)c2cc(=O)[nH]o2)[C@@H](C2CC2)C1. The number of likely N-dealkylation sites (tertiary alicyclic amines) is 1. The van der Waals surface area contributed by atoms with Crippen LogP contribution >= 0.6 is 0 Å². The Morgan fingerprint density at radius 1 is 1.50 bits per heavy atom. The van der Waals surface area contributed by atoms with Gasteiger partial charge in [0.25, 0.3) is 11.5 Å². The van der Waals surface area contributed by atoms with Gasteiger partial charge in [-0.1, -0.05) is 11.6 Å². The molecular formula is C16H23N3O3. The maximum Gasteiger partial charge on any atom is 0.290 e. The summed E-state index contributed by atoms with van der Waals surface area (Å²) in [6, 6.07) is 1.32. The van der Waals surface area contributed by atoms with Crippen molar-refractivity contribution in [2.75, 3.05) is 19.6 Å². The monoisotopic (exact) mass is 305 g/mol. The largest absolute Gasteiger partial charge is 0.373 e. The Labute approximate surface area is 129 Å². The highest BCUT2D eigenvalue weighted by Crippen LogP contribution is 2.41. The molecule has 6 heteroatoms. The van der Waals surface area contributed by atoms with E-state index < -0.39 is 0 Å². The van der Waals surface area contributed by atoms with Crippen LogP contribution in [-0.2, 0) is 0 Å². The number of amides is 1. The number of carbonyl (C=O) groups excluding carboxylic acids is 1.